The molecule has 0 saturated carbocycles. The van der Waals surface area contributed by atoms with Crippen molar-refractivity contribution in [1.29, 1.82) is 0 Å². The van der Waals surface area contributed by atoms with Gasteiger partial charge in [0.25, 0.3) is 5.91 Å². The Labute approximate surface area is 82.0 Å². The van der Waals surface area contributed by atoms with Crippen LogP contribution in [-0.2, 0) is 0 Å². The van der Waals surface area contributed by atoms with Crippen molar-refractivity contribution in [3.63, 3.8) is 0 Å². The summed E-state index contributed by atoms with van der Waals surface area (Å²) in [5.41, 5.74) is 5.95. The second kappa shape index (κ2) is 4.57. The van der Waals surface area contributed by atoms with Gasteiger partial charge >= 0.3 is 0 Å². The molecule has 0 aliphatic carbocycles. The van der Waals surface area contributed by atoms with E-state index in [0.717, 1.165) is 0 Å². The summed E-state index contributed by atoms with van der Waals surface area (Å²) in [7, 11) is 0. The summed E-state index contributed by atoms with van der Waals surface area (Å²) in [4.78, 5) is 15.3. The normalized spacial score (nSPS) is 9.86. The molecular formula is C9H13N3O2. The van der Waals surface area contributed by atoms with Crippen molar-refractivity contribution in [3.05, 3.63) is 23.5 Å². The van der Waals surface area contributed by atoms with E-state index in [4.69, 9.17) is 5.73 Å². The van der Waals surface area contributed by atoms with Crippen molar-refractivity contribution >= 4 is 5.91 Å². The number of amides is 1. The SMILES string of the molecule is Cc1ccc(O)c(C(=O)NCCN)n1. The quantitative estimate of drug-likeness (QED) is 0.622. The first-order valence-corrected chi connectivity index (χ1v) is 4.30. The minimum Gasteiger partial charge on any atom is -0.505 e. The lowest BCUT2D eigenvalue weighted by atomic mass is 10.2. The van der Waals surface area contributed by atoms with E-state index >= 15 is 0 Å². The highest BCUT2D eigenvalue weighted by Gasteiger charge is 2.11. The Morgan fingerprint density at radius 3 is 3.00 bits per heavy atom. The van der Waals surface area contributed by atoms with Gasteiger partial charge in [0.05, 0.1) is 0 Å². The van der Waals surface area contributed by atoms with Crippen molar-refractivity contribution in [2.45, 2.75) is 6.92 Å². The van der Waals surface area contributed by atoms with Gasteiger partial charge in [-0.2, -0.15) is 0 Å². The van der Waals surface area contributed by atoms with Gasteiger partial charge in [-0.25, -0.2) is 4.98 Å². The van der Waals surface area contributed by atoms with Crippen LogP contribution in [0, 0.1) is 6.92 Å². The van der Waals surface area contributed by atoms with Crippen LogP contribution >= 0.6 is 0 Å². The summed E-state index contributed by atoms with van der Waals surface area (Å²) in [6.45, 7) is 2.48. The van der Waals surface area contributed by atoms with Crippen LogP contribution in [0.2, 0.25) is 0 Å². The summed E-state index contributed by atoms with van der Waals surface area (Å²) in [6, 6.07) is 3.08. The Bertz CT molecular complexity index is 339. The van der Waals surface area contributed by atoms with Gasteiger partial charge in [0.15, 0.2) is 5.69 Å². The third-order valence-corrected chi connectivity index (χ3v) is 1.66. The molecule has 76 valence electrons. The molecule has 1 aromatic rings. The lowest BCUT2D eigenvalue weighted by molar-refractivity contribution is 0.0946. The van der Waals surface area contributed by atoms with Crippen LogP contribution in [0.25, 0.3) is 0 Å². The number of aryl methyl sites for hydroxylation is 1. The van der Waals surface area contributed by atoms with Crippen LogP contribution < -0.4 is 11.1 Å². The Balaban J connectivity index is 2.83. The van der Waals surface area contributed by atoms with E-state index in [2.05, 4.69) is 10.3 Å². The minimum absolute atomic E-state index is 0.0402. The van der Waals surface area contributed by atoms with E-state index in [1.807, 2.05) is 0 Å². The highest BCUT2D eigenvalue weighted by atomic mass is 16.3. The van der Waals surface area contributed by atoms with Gasteiger partial charge in [0.2, 0.25) is 0 Å². The molecule has 0 radical (unpaired) electrons. The average molecular weight is 195 g/mol. The lowest BCUT2D eigenvalue weighted by Gasteiger charge is -2.05. The number of hydrogen-bond acceptors (Lipinski definition) is 4. The van der Waals surface area contributed by atoms with E-state index in [1.165, 1.54) is 6.07 Å². The molecule has 0 fully saturated rings. The van der Waals surface area contributed by atoms with Gasteiger partial charge in [-0.3, -0.25) is 4.79 Å². The van der Waals surface area contributed by atoms with Crippen LogP contribution in [0.15, 0.2) is 12.1 Å². The Kier molecular flexibility index (Phi) is 3.41. The maximum absolute atomic E-state index is 11.4. The molecule has 1 amide bonds. The van der Waals surface area contributed by atoms with Gasteiger partial charge in [-0.05, 0) is 19.1 Å². The first-order valence-electron chi connectivity index (χ1n) is 4.30. The number of carbonyl (C=O) groups is 1. The summed E-state index contributed by atoms with van der Waals surface area (Å²) in [5, 5.41) is 11.9. The number of nitrogens with zero attached hydrogens (tertiary/aromatic N) is 1. The molecule has 1 aromatic heterocycles. The molecule has 4 N–H and O–H groups in total. The largest absolute Gasteiger partial charge is 0.505 e. The van der Waals surface area contributed by atoms with Gasteiger partial charge in [-0.1, -0.05) is 0 Å². The van der Waals surface area contributed by atoms with Gasteiger partial charge in [-0.15, -0.1) is 0 Å². The molecule has 0 aromatic carbocycles. The van der Waals surface area contributed by atoms with E-state index in [0.29, 0.717) is 18.8 Å². The van der Waals surface area contributed by atoms with Crippen LogP contribution in [-0.4, -0.2) is 29.1 Å². The summed E-state index contributed by atoms with van der Waals surface area (Å²) in [5.74, 6) is -0.526. The Morgan fingerprint density at radius 2 is 2.36 bits per heavy atom. The molecule has 1 heterocycles. The molecule has 0 spiro atoms. The zero-order valence-electron chi connectivity index (χ0n) is 7.95. The molecular weight excluding hydrogens is 182 g/mol. The number of aromatic hydroxyl groups is 1. The lowest BCUT2D eigenvalue weighted by Crippen LogP contribution is -2.29. The number of rotatable bonds is 3. The van der Waals surface area contributed by atoms with Crippen molar-refractivity contribution in [2.24, 2.45) is 5.73 Å². The number of carbonyl (C=O) groups excluding carboxylic acids is 1. The maximum atomic E-state index is 11.4. The number of hydrogen-bond donors (Lipinski definition) is 3. The fourth-order valence-electron chi connectivity index (χ4n) is 0.986. The Hall–Kier alpha value is -1.62. The number of nitrogens with two attached hydrogens (primary N) is 1. The van der Waals surface area contributed by atoms with Crippen LogP contribution in [0.5, 0.6) is 5.75 Å². The number of nitrogens with one attached hydrogen (secondary N) is 1. The molecule has 0 bridgehead atoms. The first kappa shape index (κ1) is 10.5. The summed E-state index contributed by atoms with van der Waals surface area (Å²) < 4.78 is 0. The molecule has 0 unspecified atom stereocenters. The van der Waals surface area contributed by atoms with Crippen molar-refractivity contribution in [2.75, 3.05) is 13.1 Å². The monoisotopic (exact) mass is 195 g/mol. The summed E-state index contributed by atoms with van der Waals surface area (Å²) in [6.07, 6.45) is 0. The molecule has 1 rings (SSSR count). The zero-order valence-corrected chi connectivity index (χ0v) is 7.95. The standard InChI is InChI=1S/C9H13N3O2/c1-6-2-3-7(13)8(12-6)9(14)11-5-4-10/h2-3,13H,4-5,10H2,1H3,(H,11,14). The fraction of sp³-hybridized carbons (Fsp3) is 0.333. The topological polar surface area (TPSA) is 88.2 Å². The third kappa shape index (κ3) is 2.43. The van der Waals surface area contributed by atoms with Crippen LogP contribution in [0.1, 0.15) is 16.2 Å². The van der Waals surface area contributed by atoms with E-state index < -0.39 is 5.91 Å². The smallest absolute Gasteiger partial charge is 0.273 e. The second-order valence-electron chi connectivity index (χ2n) is 2.86. The maximum Gasteiger partial charge on any atom is 0.273 e. The van der Waals surface area contributed by atoms with Crippen molar-refractivity contribution in [3.8, 4) is 5.75 Å². The van der Waals surface area contributed by atoms with Crippen LogP contribution in [0.3, 0.4) is 0 Å². The molecule has 0 atom stereocenters. The molecule has 0 aliphatic rings. The van der Waals surface area contributed by atoms with E-state index in [1.54, 1.807) is 13.0 Å². The first-order chi connectivity index (χ1) is 6.65. The van der Waals surface area contributed by atoms with Gasteiger partial charge in [0, 0.05) is 18.8 Å². The van der Waals surface area contributed by atoms with Crippen LogP contribution in [0.4, 0.5) is 0 Å². The third-order valence-electron chi connectivity index (χ3n) is 1.66. The highest BCUT2D eigenvalue weighted by Crippen LogP contribution is 2.13. The fourth-order valence-corrected chi connectivity index (χ4v) is 0.986. The number of aromatic nitrogens is 1. The van der Waals surface area contributed by atoms with Crippen molar-refractivity contribution < 1.29 is 9.90 Å². The summed E-state index contributed by atoms with van der Waals surface area (Å²) >= 11 is 0. The average Bonchev–Trinajstić information content (AvgIpc) is 2.18. The van der Waals surface area contributed by atoms with Gasteiger partial charge < -0.3 is 16.2 Å². The molecule has 0 aliphatic heterocycles. The second-order valence-corrected chi connectivity index (χ2v) is 2.86. The molecule has 5 heteroatoms. The van der Waals surface area contributed by atoms with E-state index in [-0.39, 0.29) is 11.4 Å². The minimum atomic E-state index is -0.406. The van der Waals surface area contributed by atoms with E-state index in [9.17, 15) is 9.90 Å². The molecule has 0 saturated heterocycles. The zero-order chi connectivity index (χ0) is 10.6. The Morgan fingerprint density at radius 1 is 1.64 bits per heavy atom. The highest BCUT2D eigenvalue weighted by molar-refractivity contribution is 5.94. The number of pyridine rings is 1. The van der Waals surface area contributed by atoms with Crippen molar-refractivity contribution in [1.82, 2.24) is 10.3 Å². The van der Waals surface area contributed by atoms with Gasteiger partial charge in [0.1, 0.15) is 5.75 Å². The molecule has 5 nitrogen and oxygen atoms in total. The predicted octanol–water partition coefficient (Wildman–Crippen LogP) is -0.216. The molecule has 14 heavy (non-hydrogen) atoms. The predicted molar refractivity (Wildman–Crippen MR) is 52.0 cm³/mol.